The van der Waals surface area contributed by atoms with Gasteiger partial charge < -0.3 is 35.7 Å². The molecule has 168 valence electrons. The molecule has 0 radical (unpaired) electrons. The highest BCUT2D eigenvalue weighted by Crippen LogP contribution is 2.44. The smallest absolute Gasteiger partial charge is 0.322 e. The molecular formula is C16H19N5O7S3. The molecule has 0 saturated carbocycles. The monoisotopic (exact) mass is 489 g/mol. The van der Waals surface area contributed by atoms with Crippen molar-refractivity contribution in [3.63, 3.8) is 0 Å². The van der Waals surface area contributed by atoms with Crippen LogP contribution in [0.5, 0.6) is 0 Å². The van der Waals surface area contributed by atoms with Crippen LogP contribution in [-0.4, -0.2) is 97.4 Å². The summed E-state index contributed by atoms with van der Waals surface area (Å²) < 4.78 is 9.33. The Labute approximate surface area is 188 Å². The molecule has 0 spiro atoms. The number of fused-ring (bicyclic) bond motifs is 1. The summed E-state index contributed by atoms with van der Waals surface area (Å²) in [4.78, 5) is 42.6. The van der Waals surface area contributed by atoms with Crippen molar-refractivity contribution in [1.82, 2.24) is 15.2 Å². The molecule has 0 aromatic carbocycles. The van der Waals surface area contributed by atoms with Crippen molar-refractivity contribution in [1.29, 1.82) is 0 Å². The molecule has 3 saturated heterocycles. The first kappa shape index (κ1) is 22.1. The number of nitrogens with two attached hydrogens (primary N) is 1. The Bertz CT molecular complexity index is 921. The lowest BCUT2D eigenvalue weighted by Crippen LogP contribution is -2.75. The van der Waals surface area contributed by atoms with Crippen LogP contribution in [0.25, 0.3) is 0 Å². The minimum Gasteiger partial charge on any atom is -0.480 e. The largest absolute Gasteiger partial charge is 0.480 e. The summed E-state index contributed by atoms with van der Waals surface area (Å²) in [6.07, 6.45) is -0.181. The Kier molecular flexibility index (Phi) is 6.30. The van der Waals surface area contributed by atoms with E-state index in [-0.39, 0.29) is 41.7 Å². The van der Waals surface area contributed by atoms with Crippen LogP contribution in [0.15, 0.2) is 10.5 Å². The molecule has 1 aromatic heterocycles. The van der Waals surface area contributed by atoms with Crippen molar-refractivity contribution in [2.24, 2.45) is 5.16 Å². The predicted octanol–water partition coefficient (Wildman–Crippen LogP) is -0.767. The maximum Gasteiger partial charge on any atom is 0.322 e. The number of aromatic nitrogens is 1. The van der Waals surface area contributed by atoms with Gasteiger partial charge in [-0.15, -0.1) is 34.9 Å². The lowest BCUT2D eigenvalue weighted by atomic mass is 10.0. The van der Waals surface area contributed by atoms with Crippen molar-refractivity contribution in [2.75, 3.05) is 37.2 Å². The molecule has 3 aliphatic heterocycles. The van der Waals surface area contributed by atoms with Gasteiger partial charge in [-0.25, -0.2) is 4.98 Å². The van der Waals surface area contributed by atoms with Gasteiger partial charge in [0.1, 0.15) is 28.6 Å². The van der Waals surface area contributed by atoms with Crippen LogP contribution < -0.4 is 11.1 Å². The van der Waals surface area contributed by atoms with Gasteiger partial charge in [0.2, 0.25) is 5.91 Å². The van der Waals surface area contributed by atoms with Crippen LogP contribution >= 0.6 is 34.9 Å². The molecule has 5 N–H and O–H groups in total. The number of carboxylic acids is 1. The highest BCUT2D eigenvalue weighted by molar-refractivity contribution is 8.05. The van der Waals surface area contributed by atoms with Gasteiger partial charge in [-0.3, -0.25) is 14.4 Å². The number of anilines is 1. The van der Waals surface area contributed by atoms with E-state index in [4.69, 9.17) is 15.2 Å². The number of nitrogens with one attached hydrogen (secondary N) is 1. The van der Waals surface area contributed by atoms with E-state index in [9.17, 15) is 24.7 Å². The van der Waals surface area contributed by atoms with E-state index in [1.54, 1.807) is 0 Å². The number of aliphatic carboxylic acids is 1. The molecule has 31 heavy (non-hydrogen) atoms. The number of rotatable bonds is 7. The molecule has 3 aliphatic rings. The average molecular weight is 490 g/mol. The van der Waals surface area contributed by atoms with E-state index in [2.05, 4.69) is 15.5 Å². The number of carbonyl (C=O) groups is 3. The van der Waals surface area contributed by atoms with Crippen molar-refractivity contribution < 1.29 is 34.2 Å². The standard InChI is InChI=1S/C16H19N5O7S3/c17-15-18-8(3-29-15)9(20-26)11(22)19-10-12(23)21-4-16(14(24)25,5-30-13(10)21)31-2-7-1-27-6-28-7/h3,7,10,13,26H,1-2,4-6H2,(H2,17,18)(H,19,22)(H,24,25)/t7?,10?,13-,16?/m1/s1. The number of ether oxygens (including phenoxy) is 2. The molecule has 4 heterocycles. The number of hydrogen-bond donors (Lipinski definition) is 4. The molecule has 4 rings (SSSR count). The number of amides is 2. The second-order valence-corrected chi connectivity index (χ2v) is 10.4. The first-order chi connectivity index (χ1) is 14.8. The van der Waals surface area contributed by atoms with Gasteiger partial charge in [0.15, 0.2) is 10.8 Å². The van der Waals surface area contributed by atoms with E-state index in [0.29, 0.717) is 12.4 Å². The van der Waals surface area contributed by atoms with Crippen molar-refractivity contribution in [3.8, 4) is 0 Å². The van der Waals surface area contributed by atoms with Crippen LogP contribution in [0.1, 0.15) is 5.69 Å². The third kappa shape index (κ3) is 4.19. The number of carbonyl (C=O) groups excluding carboxylic acids is 2. The Morgan fingerprint density at radius 1 is 1.52 bits per heavy atom. The van der Waals surface area contributed by atoms with Gasteiger partial charge in [-0.1, -0.05) is 5.16 Å². The van der Waals surface area contributed by atoms with Gasteiger partial charge in [-0.05, 0) is 0 Å². The van der Waals surface area contributed by atoms with Crippen LogP contribution in [0.4, 0.5) is 5.13 Å². The maximum absolute atomic E-state index is 12.7. The van der Waals surface area contributed by atoms with E-state index < -0.39 is 33.9 Å². The Hall–Kier alpha value is -2.07. The lowest BCUT2D eigenvalue weighted by molar-refractivity contribution is -0.151. The fraction of sp³-hybridized carbons (Fsp3) is 0.562. The summed E-state index contributed by atoms with van der Waals surface area (Å²) in [5.41, 5.74) is 5.29. The van der Waals surface area contributed by atoms with Gasteiger partial charge >= 0.3 is 5.97 Å². The number of hydrogen-bond acceptors (Lipinski definition) is 12. The van der Waals surface area contributed by atoms with Crippen LogP contribution in [0.2, 0.25) is 0 Å². The van der Waals surface area contributed by atoms with Crippen molar-refractivity contribution in [2.45, 2.75) is 22.3 Å². The number of nitrogen functional groups attached to an aromatic ring is 1. The predicted molar refractivity (Wildman–Crippen MR) is 113 cm³/mol. The quantitative estimate of drug-likeness (QED) is 0.164. The number of thioether (sulfide) groups is 2. The second-order valence-electron chi connectivity index (χ2n) is 7.03. The van der Waals surface area contributed by atoms with Gasteiger partial charge in [-0.2, -0.15) is 0 Å². The van der Waals surface area contributed by atoms with E-state index >= 15 is 0 Å². The molecule has 15 heteroatoms. The number of thiazole rings is 1. The van der Waals surface area contributed by atoms with E-state index in [1.807, 2.05) is 0 Å². The zero-order valence-corrected chi connectivity index (χ0v) is 18.4. The summed E-state index contributed by atoms with van der Waals surface area (Å²) in [7, 11) is 0. The normalized spacial score (nSPS) is 30.6. The summed E-state index contributed by atoms with van der Waals surface area (Å²) >= 11 is 3.60. The molecule has 1 aromatic rings. The van der Waals surface area contributed by atoms with E-state index in [0.717, 1.165) is 11.3 Å². The zero-order valence-electron chi connectivity index (χ0n) is 15.9. The third-order valence-electron chi connectivity index (χ3n) is 5.05. The molecule has 3 fully saturated rings. The minimum absolute atomic E-state index is 0.0208. The summed E-state index contributed by atoms with van der Waals surface area (Å²) in [6, 6.07) is -0.853. The molecule has 3 unspecified atom stereocenters. The summed E-state index contributed by atoms with van der Waals surface area (Å²) in [6.45, 7) is 0.627. The fourth-order valence-corrected chi connectivity index (χ4v) is 6.90. The SMILES string of the molecule is Nc1nc(C(=NO)C(=O)NC2C(=O)N3CC(SCC4COCO4)(C(=O)O)CS[C@H]23)cs1. The average Bonchev–Trinajstić information content (AvgIpc) is 3.42. The number of nitrogens with zero attached hydrogens (tertiary/aromatic N) is 3. The van der Waals surface area contributed by atoms with Crippen LogP contribution in [0, 0.1) is 0 Å². The zero-order chi connectivity index (χ0) is 22.2. The number of carboxylic acid groups (broad SMARTS) is 1. The highest BCUT2D eigenvalue weighted by Gasteiger charge is 2.58. The molecular weight excluding hydrogens is 470 g/mol. The Morgan fingerprint density at radius 2 is 2.32 bits per heavy atom. The maximum atomic E-state index is 12.7. The van der Waals surface area contributed by atoms with Gasteiger partial charge in [0.05, 0.1) is 12.7 Å². The first-order valence-electron chi connectivity index (χ1n) is 9.08. The minimum atomic E-state index is -1.17. The van der Waals surface area contributed by atoms with Gasteiger partial charge in [0, 0.05) is 23.4 Å². The lowest BCUT2D eigenvalue weighted by Gasteiger charge is -2.53. The van der Waals surface area contributed by atoms with Crippen molar-refractivity contribution in [3.05, 3.63) is 11.1 Å². The highest BCUT2D eigenvalue weighted by atomic mass is 32.2. The second kappa shape index (κ2) is 8.82. The fourth-order valence-electron chi connectivity index (χ4n) is 3.37. The topological polar surface area (TPSA) is 177 Å². The molecule has 2 amide bonds. The molecule has 0 bridgehead atoms. The third-order valence-corrected chi connectivity index (χ3v) is 8.97. The number of β-lactam (4-membered cyclic amide) rings is 1. The van der Waals surface area contributed by atoms with E-state index in [1.165, 1.54) is 33.8 Å². The number of oxime groups is 1. The summed E-state index contributed by atoms with van der Waals surface area (Å²) in [5.74, 6) is -1.47. The molecule has 12 nitrogen and oxygen atoms in total. The van der Waals surface area contributed by atoms with Crippen LogP contribution in [0.3, 0.4) is 0 Å². The Morgan fingerprint density at radius 3 is 2.94 bits per heavy atom. The van der Waals surface area contributed by atoms with Crippen LogP contribution in [-0.2, 0) is 23.9 Å². The van der Waals surface area contributed by atoms with Gasteiger partial charge in [0.25, 0.3) is 5.91 Å². The first-order valence-corrected chi connectivity index (χ1v) is 12.0. The summed E-state index contributed by atoms with van der Waals surface area (Å²) in [5, 5.41) is 25.8. The van der Waals surface area contributed by atoms with Crippen molar-refractivity contribution >= 4 is 63.5 Å². The molecule has 0 aliphatic carbocycles. The Balaban J connectivity index is 1.39. The molecule has 4 atom stereocenters.